The van der Waals surface area contributed by atoms with Crippen molar-refractivity contribution in [3.63, 3.8) is 0 Å². The van der Waals surface area contributed by atoms with Gasteiger partial charge in [-0.05, 0) is 35.2 Å². The fraction of sp³-hybridized carbons (Fsp3) is 0.0455. The van der Waals surface area contributed by atoms with Crippen LogP contribution in [-0.2, 0) is 9.59 Å². The second-order valence-corrected chi connectivity index (χ2v) is 6.23. The number of amides is 4. The molecule has 4 amide bonds. The summed E-state index contributed by atoms with van der Waals surface area (Å²) in [5.74, 6) is -0.725. The fourth-order valence-electron chi connectivity index (χ4n) is 3.15. The lowest BCUT2D eigenvalue weighted by Crippen LogP contribution is -2.54. The van der Waals surface area contributed by atoms with Crippen molar-refractivity contribution in [1.82, 2.24) is 5.32 Å². The van der Waals surface area contributed by atoms with E-state index in [1.807, 2.05) is 30.3 Å². The summed E-state index contributed by atoms with van der Waals surface area (Å²) in [5, 5.41) is 3.88. The number of anilines is 1. The number of barbiturate groups is 1. The molecule has 1 saturated heterocycles. The Bertz CT molecular complexity index is 1130. The molecule has 0 saturated carbocycles. The molecule has 3 aromatic carbocycles. The van der Waals surface area contributed by atoms with Gasteiger partial charge >= 0.3 is 6.03 Å². The highest BCUT2D eigenvalue weighted by atomic mass is 16.5. The molecule has 1 heterocycles. The van der Waals surface area contributed by atoms with Crippen molar-refractivity contribution in [2.45, 2.75) is 0 Å². The molecule has 0 aromatic heterocycles. The number of urea groups is 1. The summed E-state index contributed by atoms with van der Waals surface area (Å²) in [7, 11) is 1.55. The maximum atomic E-state index is 13.1. The van der Waals surface area contributed by atoms with Crippen LogP contribution in [0.5, 0.6) is 5.75 Å². The number of imide groups is 2. The third kappa shape index (κ3) is 3.01. The second-order valence-electron chi connectivity index (χ2n) is 6.23. The van der Waals surface area contributed by atoms with Crippen LogP contribution in [0.2, 0.25) is 0 Å². The minimum atomic E-state index is -0.766. The first-order valence-corrected chi connectivity index (χ1v) is 8.62. The summed E-state index contributed by atoms with van der Waals surface area (Å²) in [4.78, 5) is 38.8. The molecule has 0 bridgehead atoms. The first-order valence-electron chi connectivity index (χ1n) is 8.62. The number of nitrogens with one attached hydrogen (secondary N) is 1. The molecule has 0 radical (unpaired) electrons. The number of carbonyl (C=O) groups excluding carboxylic acids is 3. The fourth-order valence-corrected chi connectivity index (χ4v) is 3.15. The largest absolute Gasteiger partial charge is 0.497 e. The lowest BCUT2D eigenvalue weighted by Gasteiger charge is -2.27. The average molecular weight is 372 g/mol. The Morgan fingerprint density at radius 1 is 0.893 bits per heavy atom. The van der Waals surface area contributed by atoms with Crippen LogP contribution in [0.1, 0.15) is 5.56 Å². The molecule has 0 aliphatic carbocycles. The Morgan fingerprint density at radius 3 is 2.36 bits per heavy atom. The van der Waals surface area contributed by atoms with Gasteiger partial charge in [-0.25, -0.2) is 9.69 Å². The van der Waals surface area contributed by atoms with Gasteiger partial charge in [0.2, 0.25) is 0 Å². The van der Waals surface area contributed by atoms with E-state index in [-0.39, 0.29) is 5.57 Å². The molecule has 1 fully saturated rings. The number of benzene rings is 3. The third-order valence-corrected chi connectivity index (χ3v) is 4.54. The SMILES string of the molecule is COc1ccc(/C=C2/C(=O)NC(=O)N(c3cccc4ccccc34)C2=O)cc1. The quantitative estimate of drug-likeness (QED) is 0.564. The molecule has 3 aromatic rings. The Hall–Kier alpha value is -3.93. The number of fused-ring (bicyclic) bond motifs is 1. The summed E-state index contributed by atoms with van der Waals surface area (Å²) in [6.07, 6.45) is 1.46. The van der Waals surface area contributed by atoms with E-state index < -0.39 is 17.8 Å². The molecule has 0 spiro atoms. The van der Waals surface area contributed by atoms with Crippen molar-refractivity contribution < 1.29 is 19.1 Å². The van der Waals surface area contributed by atoms with Crippen molar-refractivity contribution >= 4 is 40.4 Å². The molecule has 1 aliphatic heterocycles. The smallest absolute Gasteiger partial charge is 0.335 e. The van der Waals surface area contributed by atoms with E-state index in [4.69, 9.17) is 4.74 Å². The predicted molar refractivity (Wildman–Crippen MR) is 106 cm³/mol. The Balaban J connectivity index is 1.78. The zero-order valence-corrected chi connectivity index (χ0v) is 15.0. The van der Waals surface area contributed by atoms with Crippen LogP contribution >= 0.6 is 0 Å². The zero-order chi connectivity index (χ0) is 19.7. The minimum absolute atomic E-state index is 0.113. The van der Waals surface area contributed by atoms with Crippen molar-refractivity contribution in [3.05, 3.63) is 77.9 Å². The van der Waals surface area contributed by atoms with Gasteiger partial charge in [-0.15, -0.1) is 0 Å². The zero-order valence-electron chi connectivity index (χ0n) is 15.0. The number of ether oxygens (including phenoxy) is 1. The van der Waals surface area contributed by atoms with Crippen LogP contribution < -0.4 is 15.0 Å². The second kappa shape index (κ2) is 7.00. The number of hydrogen-bond donors (Lipinski definition) is 1. The molecule has 138 valence electrons. The third-order valence-electron chi connectivity index (χ3n) is 4.54. The summed E-state index contributed by atoms with van der Waals surface area (Å²) in [5.41, 5.74) is 0.956. The minimum Gasteiger partial charge on any atom is -0.497 e. The highest BCUT2D eigenvalue weighted by Gasteiger charge is 2.37. The number of methoxy groups -OCH3 is 1. The molecular weight excluding hydrogens is 356 g/mol. The Morgan fingerprint density at radius 2 is 1.61 bits per heavy atom. The number of rotatable bonds is 3. The molecule has 28 heavy (non-hydrogen) atoms. The first-order chi connectivity index (χ1) is 13.6. The molecule has 0 unspecified atom stereocenters. The maximum absolute atomic E-state index is 13.1. The van der Waals surface area contributed by atoms with E-state index in [1.165, 1.54) is 6.08 Å². The van der Waals surface area contributed by atoms with E-state index in [0.717, 1.165) is 15.7 Å². The van der Waals surface area contributed by atoms with Gasteiger partial charge in [0, 0.05) is 5.39 Å². The summed E-state index contributed by atoms with van der Waals surface area (Å²) >= 11 is 0. The van der Waals surface area contributed by atoms with Crippen molar-refractivity contribution in [3.8, 4) is 5.75 Å². The molecule has 1 aliphatic rings. The molecule has 6 heteroatoms. The standard InChI is InChI=1S/C22H16N2O4/c1-28-16-11-9-14(10-12-16)13-18-20(25)23-22(27)24(21(18)26)19-8-4-6-15-5-2-3-7-17(15)19/h2-13H,1H3,(H,23,25,27)/b18-13-. The van der Waals surface area contributed by atoms with Gasteiger partial charge in [0.05, 0.1) is 12.8 Å². The predicted octanol–water partition coefficient (Wildman–Crippen LogP) is 3.51. The van der Waals surface area contributed by atoms with Gasteiger partial charge < -0.3 is 4.74 Å². The van der Waals surface area contributed by atoms with E-state index in [2.05, 4.69) is 5.32 Å². The molecule has 1 N–H and O–H groups in total. The number of nitrogens with zero attached hydrogens (tertiary/aromatic N) is 1. The van der Waals surface area contributed by atoms with E-state index in [9.17, 15) is 14.4 Å². The van der Waals surface area contributed by atoms with Gasteiger partial charge in [-0.2, -0.15) is 0 Å². The van der Waals surface area contributed by atoms with Gasteiger partial charge in [-0.3, -0.25) is 14.9 Å². The van der Waals surface area contributed by atoms with Crippen LogP contribution in [0.15, 0.2) is 72.3 Å². The molecule has 4 rings (SSSR count). The van der Waals surface area contributed by atoms with Crippen LogP contribution in [0.25, 0.3) is 16.8 Å². The van der Waals surface area contributed by atoms with Gasteiger partial charge in [0.15, 0.2) is 0 Å². The average Bonchev–Trinajstić information content (AvgIpc) is 2.71. The molecule has 6 nitrogen and oxygen atoms in total. The molecule has 0 atom stereocenters. The van der Waals surface area contributed by atoms with E-state index in [0.29, 0.717) is 17.0 Å². The van der Waals surface area contributed by atoms with Gasteiger partial charge in [0.1, 0.15) is 11.3 Å². The van der Waals surface area contributed by atoms with Gasteiger partial charge in [0.25, 0.3) is 11.8 Å². The highest BCUT2D eigenvalue weighted by molar-refractivity contribution is 6.40. The summed E-state index contributed by atoms with van der Waals surface area (Å²) in [6.45, 7) is 0. The number of carbonyl (C=O) groups is 3. The molecular formula is C22H16N2O4. The summed E-state index contributed by atoms with van der Waals surface area (Å²) in [6, 6.07) is 18.9. The topological polar surface area (TPSA) is 75.7 Å². The van der Waals surface area contributed by atoms with Crippen LogP contribution in [0.3, 0.4) is 0 Å². The van der Waals surface area contributed by atoms with Crippen molar-refractivity contribution in [2.75, 3.05) is 12.0 Å². The van der Waals surface area contributed by atoms with Gasteiger partial charge in [-0.1, -0.05) is 48.5 Å². The van der Waals surface area contributed by atoms with Crippen molar-refractivity contribution in [1.29, 1.82) is 0 Å². The Kier molecular flexibility index (Phi) is 4.37. The van der Waals surface area contributed by atoms with E-state index in [1.54, 1.807) is 43.5 Å². The lowest BCUT2D eigenvalue weighted by atomic mass is 10.0. The lowest BCUT2D eigenvalue weighted by molar-refractivity contribution is -0.122. The van der Waals surface area contributed by atoms with Crippen LogP contribution in [0, 0.1) is 0 Å². The highest BCUT2D eigenvalue weighted by Crippen LogP contribution is 2.29. The summed E-state index contributed by atoms with van der Waals surface area (Å²) < 4.78 is 5.11. The Labute approximate surface area is 161 Å². The first kappa shape index (κ1) is 17.5. The van der Waals surface area contributed by atoms with E-state index >= 15 is 0 Å². The van der Waals surface area contributed by atoms with Crippen LogP contribution in [-0.4, -0.2) is 25.0 Å². The van der Waals surface area contributed by atoms with Crippen molar-refractivity contribution in [2.24, 2.45) is 0 Å². The normalized spacial score (nSPS) is 15.8. The number of hydrogen-bond acceptors (Lipinski definition) is 4. The van der Waals surface area contributed by atoms with Crippen LogP contribution in [0.4, 0.5) is 10.5 Å². The monoisotopic (exact) mass is 372 g/mol. The maximum Gasteiger partial charge on any atom is 0.335 e.